The first-order chi connectivity index (χ1) is 20.9. The molecule has 0 unspecified atom stereocenters. The highest BCUT2D eigenvalue weighted by Gasteiger charge is 2.29. The lowest BCUT2D eigenvalue weighted by Crippen LogP contribution is -2.49. The summed E-state index contributed by atoms with van der Waals surface area (Å²) >= 11 is 1.81. The van der Waals surface area contributed by atoms with Crippen LogP contribution in [-0.4, -0.2) is 86.0 Å². The minimum absolute atomic E-state index is 0.0870. The molecule has 1 amide bonds. The number of anilines is 1. The van der Waals surface area contributed by atoms with Crippen molar-refractivity contribution in [1.82, 2.24) is 19.2 Å². The van der Waals surface area contributed by atoms with E-state index in [1.165, 1.54) is 50.7 Å². The van der Waals surface area contributed by atoms with E-state index in [4.69, 9.17) is 14.7 Å². The molecule has 224 valence electrons. The lowest BCUT2D eigenvalue weighted by Gasteiger charge is -2.36. The van der Waals surface area contributed by atoms with Gasteiger partial charge in [-0.25, -0.2) is 18.4 Å². The standard InChI is InChI=1S/C32H35N5O4S2/c1-22-6-8-23(9-7-22)29-33-30(28-26-4-2-3-5-27(26)42-31(28)34-29)35-14-16-36(17-15-35)32(38)24-10-12-25(13-11-24)43(39,40)37-18-20-41-21-19-37/h6-13H,2-5,14-21H2,1H3. The number of hydrogen-bond acceptors (Lipinski definition) is 8. The summed E-state index contributed by atoms with van der Waals surface area (Å²) < 4.78 is 32.7. The predicted octanol–water partition coefficient (Wildman–Crippen LogP) is 4.53. The molecule has 43 heavy (non-hydrogen) atoms. The third-order valence-electron chi connectivity index (χ3n) is 8.68. The first-order valence-electron chi connectivity index (χ1n) is 15.0. The molecule has 7 rings (SSSR count). The van der Waals surface area contributed by atoms with Crippen LogP contribution < -0.4 is 4.90 Å². The van der Waals surface area contributed by atoms with Crippen LogP contribution in [0.1, 0.15) is 39.2 Å². The molecule has 0 spiro atoms. The van der Waals surface area contributed by atoms with Crippen LogP contribution in [0.15, 0.2) is 53.4 Å². The lowest BCUT2D eigenvalue weighted by molar-refractivity contribution is 0.0730. The zero-order chi connectivity index (χ0) is 29.6. The van der Waals surface area contributed by atoms with E-state index in [1.54, 1.807) is 12.1 Å². The normalized spacial score (nSPS) is 18.2. The molecule has 0 radical (unpaired) electrons. The molecular formula is C32H35N5O4S2. The Balaban J connectivity index is 1.11. The summed E-state index contributed by atoms with van der Waals surface area (Å²) in [5.41, 5.74) is 4.11. The smallest absolute Gasteiger partial charge is 0.253 e. The van der Waals surface area contributed by atoms with Crippen molar-refractivity contribution >= 4 is 43.3 Å². The van der Waals surface area contributed by atoms with Crippen LogP contribution >= 0.6 is 11.3 Å². The van der Waals surface area contributed by atoms with Crippen molar-refractivity contribution in [1.29, 1.82) is 0 Å². The number of thiophene rings is 1. The van der Waals surface area contributed by atoms with E-state index in [-0.39, 0.29) is 10.8 Å². The van der Waals surface area contributed by atoms with E-state index in [9.17, 15) is 13.2 Å². The van der Waals surface area contributed by atoms with Gasteiger partial charge < -0.3 is 14.5 Å². The maximum atomic E-state index is 13.4. The van der Waals surface area contributed by atoms with Crippen LogP contribution in [0.3, 0.4) is 0 Å². The third kappa shape index (κ3) is 5.43. The first-order valence-corrected chi connectivity index (χ1v) is 17.3. The van der Waals surface area contributed by atoms with Gasteiger partial charge in [0.25, 0.3) is 5.91 Å². The van der Waals surface area contributed by atoms with Crippen LogP contribution in [0, 0.1) is 6.92 Å². The van der Waals surface area contributed by atoms with Crippen LogP contribution in [0.4, 0.5) is 5.82 Å². The number of ether oxygens (including phenoxy) is 1. The highest BCUT2D eigenvalue weighted by Crippen LogP contribution is 2.41. The van der Waals surface area contributed by atoms with Crippen molar-refractivity contribution in [2.24, 2.45) is 0 Å². The molecule has 11 heteroatoms. The number of aromatic nitrogens is 2. The van der Waals surface area contributed by atoms with Gasteiger partial charge in [0, 0.05) is 55.3 Å². The number of piperazine rings is 1. The highest BCUT2D eigenvalue weighted by atomic mass is 32.2. The molecule has 4 heterocycles. The third-order valence-corrected chi connectivity index (χ3v) is 11.8. The van der Waals surface area contributed by atoms with Crippen LogP contribution in [0.5, 0.6) is 0 Å². The Morgan fingerprint density at radius 3 is 2.28 bits per heavy atom. The van der Waals surface area contributed by atoms with Crippen molar-refractivity contribution in [3.8, 4) is 11.4 Å². The van der Waals surface area contributed by atoms with E-state index in [2.05, 4.69) is 36.1 Å². The van der Waals surface area contributed by atoms with Gasteiger partial charge in [0.1, 0.15) is 10.6 Å². The summed E-state index contributed by atoms with van der Waals surface area (Å²) in [6.45, 7) is 6.00. The average molecular weight is 618 g/mol. The summed E-state index contributed by atoms with van der Waals surface area (Å²) in [7, 11) is -3.60. The second kappa shape index (κ2) is 11.6. The number of nitrogens with zero attached hydrogens (tertiary/aromatic N) is 5. The molecule has 9 nitrogen and oxygen atoms in total. The summed E-state index contributed by atoms with van der Waals surface area (Å²) in [6.07, 6.45) is 4.57. The fourth-order valence-electron chi connectivity index (χ4n) is 6.21. The second-order valence-corrected chi connectivity index (χ2v) is 14.5. The number of fused-ring (bicyclic) bond motifs is 3. The number of aryl methyl sites for hydroxylation is 3. The minimum atomic E-state index is -3.60. The fourth-order valence-corrected chi connectivity index (χ4v) is 8.87. The van der Waals surface area contributed by atoms with E-state index < -0.39 is 10.0 Å². The molecule has 0 bridgehead atoms. The molecule has 0 saturated carbocycles. The van der Waals surface area contributed by atoms with E-state index in [0.29, 0.717) is 58.0 Å². The number of amides is 1. The van der Waals surface area contributed by atoms with E-state index in [1.807, 2.05) is 16.2 Å². The van der Waals surface area contributed by atoms with Gasteiger partial charge in [0.15, 0.2) is 5.82 Å². The van der Waals surface area contributed by atoms with Crippen LogP contribution in [-0.2, 0) is 27.6 Å². The van der Waals surface area contributed by atoms with Gasteiger partial charge in [-0.15, -0.1) is 11.3 Å². The highest BCUT2D eigenvalue weighted by molar-refractivity contribution is 7.89. The number of rotatable bonds is 5. The van der Waals surface area contributed by atoms with Gasteiger partial charge >= 0.3 is 0 Å². The molecule has 2 aliphatic heterocycles. The Morgan fingerprint density at radius 2 is 1.56 bits per heavy atom. The Labute approximate surface area is 256 Å². The minimum Gasteiger partial charge on any atom is -0.379 e. The Hall–Kier alpha value is -3.38. The maximum Gasteiger partial charge on any atom is 0.253 e. The number of benzene rings is 2. The number of morpholine rings is 1. The molecule has 0 N–H and O–H groups in total. The molecule has 2 aromatic carbocycles. The van der Waals surface area contributed by atoms with Gasteiger partial charge in [-0.3, -0.25) is 4.79 Å². The molecular weight excluding hydrogens is 583 g/mol. The zero-order valence-corrected chi connectivity index (χ0v) is 25.9. The fraction of sp³-hybridized carbons (Fsp3) is 0.406. The summed E-state index contributed by atoms with van der Waals surface area (Å²) in [6, 6.07) is 14.7. The van der Waals surface area contributed by atoms with Gasteiger partial charge in [0.05, 0.1) is 23.5 Å². The Morgan fingerprint density at radius 1 is 0.860 bits per heavy atom. The number of hydrogen-bond donors (Lipinski definition) is 0. The number of sulfonamides is 1. The summed E-state index contributed by atoms with van der Waals surface area (Å²) in [5.74, 6) is 1.63. The van der Waals surface area contributed by atoms with Crippen molar-refractivity contribution in [3.05, 3.63) is 70.1 Å². The van der Waals surface area contributed by atoms with Crippen molar-refractivity contribution in [3.63, 3.8) is 0 Å². The zero-order valence-electron chi connectivity index (χ0n) is 24.3. The van der Waals surface area contributed by atoms with E-state index in [0.717, 1.165) is 34.9 Å². The van der Waals surface area contributed by atoms with Crippen LogP contribution in [0.2, 0.25) is 0 Å². The predicted molar refractivity (Wildman–Crippen MR) is 168 cm³/mol. The van der Waals surface area contributed by atoms with E-state index >= 15 is 0 Å². The SMILES string of the molecule is Cc1ccc(-c2nc(N3CCN(C(=O)c4ccc(S(=O)(=O)N5CCOCC5)cc4)CC3)c3c4c(sc3n2)CCCC4)cc1. The monoisotopic (exact) mass is 617 g/mol. The van der Waals surface area contributed by atoms with Crippen molar-refractivity contribution in [2.75, 3.05) is 57.4 Å². The lowest BCUT2D eigenvalue weighted by atomic mass is 9.96. The van der Waals surface area contributed by atoms with Crippen molar-refractivity contribution < 1.29 is 17.9 Å². The molecule has 2 saturated heterocycles. The quantitative estimate of drug-likeness (QED) is 0.325. The summed E-state index contributed by atoms with van der Waals surface area (Å²) in [5, 5.41) is 1.19. The topological polar surface area (TPSA) is 95.9 Å². The molecule has 2 fully saturated rings. The summed E-state index contributed by atoms with van der Waals surface area (Å²) in [4.78, 5) is 30.5. The Kier molecular flexibility index (Phi) is 7.66. The Bertz CT molecular complexity index is 1760. The first kappa shape index (κ1) is 28.4. The number of carbonyl (C=O) groups is 1. The molecule has 0 atom stereocenters. The number of carbonyl (C=O) groups excluding carboxylic acids is 1. The van der Waals surface area contributed by atoms with Gasteiger partial charge in [-0.1, -0.05) is 29.8 Å². The van der Waals surface area contributed by atoms with Gasteiger partial charge in [-0.2, -0.15) is 4.31 Å². The van der Waals surface area contributed by atoms with Gasteiger partial charge in [-0.05, 0) is 62.4 Å². The van der Waals surface area contributed by atoms with Crippen molar-refractivity contribution in [2.45, 2.75) is 37.5 Å². The maximum absolute atomic E-state index is 13.4. The second-order valence-electron chi connectivity index (χ2n) is 11.4. The van der Waals surface area contributed by atoms with Gasteiger partial charge in [0.2, 0.25) is 10.0 Å². The molecule has 1 aliphatic carbocycles. The molecule has 3 aliphatic rings. The average Bonchev–Trinajstić information content (AvgIpc) is 3.43. The molecule has 2 aromatic heterocycles. The molecule has 4 aromatic rings. The largest absolute Gasteiger partial charge is 0.379 e. The van der Waals surface area contributed by atoms with Crippen LogP contribution in [0.25, 0.3) is 21.6 Å².